The first-order chi connectivity index (χ1) is 9.46. The predicted octanol–water partition coefficient (Wildman–Crippen LogP) is -0.291. The number of carbonyl (C=O) groups excluding carboxylic acids is 1. The molecule has 1 saturated heterocycles. The number of piperidine rings is 1. The first-order valence-corrected chi connectivity index (χ1v) is 7.61. The van der Waals surface area contributed by atoms with Crippen molar-refractivity contribution in [1.29, 1.82) is 5.26 Å². The lowest BCUT2D eigenvalue weighted by Gasteiger charge is -2.31. The highest BCUT2D eigenvalue weighted by molar-refractivity contribution is 7.89. The van der Waals surface area contributed by atoms with Crippen molar-refractivity contribution in [3.05, 3.63) is 29.8 Å². The van der Waals surface area contributed by atoms with Gasteiger partial charge in [-0.15, -0.1) is 0 Å². The maximum atomic E-state index is 12.5. The molecule has 1 aliphatic rings. The Morgan fingerprint density at radius 1 is 1.30 bits per heavy atom. The minimum Gasteiger partial charge on any atom is -0.550 e. The van der Waals surface area contributed by atoms with E-state index in [1.165, 1.54) is 16.4 Å². The fourth-order valence-electron chi connectivity index (χ4n) is 2.25. The van der Waals surface area contributed by atoms with Crippen molar-refractivity contribution in [3.8, 4) is 6.07 Å². The number of carbonyl (C=O) groups is 1. The van der Waals surface area contributed by atoms with Crippen LogP contribution >= 0.6 is 0 Å². The van der Waals surface area contributed by atoms with E-state index >= 15 is 0 Å². The number of hydrogen-bond donors (Lipinski definition) is 0. The van der Waals surface area contributed by atoms with E-state index in [0.717, 1.165) is 0 Å². The Labute approximate surface area is 117 Å². The number of benzene rings is 1. The van der Waals surface area contributed by atoms with Crippen LogP contribution in [0.5, 0.6) is 0 Å². The molecule has 0 atom stereocenters. The first kappa shape index (κ1) is 14.5. The molecule has 7 heteroatoms. The number of hydrogen-bond acceptors (Lipinski definition) is 5. The third-order valence-electron chi connectivity index (χ3n) is 3.41. The van der Waals surface area contributed by atoms with Crippen LogP contribution in [0.4, 0.5) is 0 Å². The lowest BCUT2D eigenvalue weighted by Crippen LogP contribution is -2.43. The van der Waals surface area contributed by atoms with Gasteiger partial charge >= 0.3 is 0 Å². The first-order valence-electron chi connectivity index (χ1n) is 6.17. The third-order valence-corrected chi connectivity index (χ3v) is 5.37. The number of carboxylic acid groups (broad SMARTS) is 1. The van der Waals surface area contributed by atoms with Crippen LogP contribution in [0.15, 0.2) is 29.2 Å². The number of sulfonamides is 1. The van der Waals surface area contributed by atoms with Gasteiger partial charge < -0.3 is 9.90 Å². The fourth-order valence-corrected chi connectivity index (χ4v) is 3.87. The maximum absolute atomic E-state index is 12.5. The molecule has 0 saturated carbocycles. The molecule has 106 valence electrons. The normalized spacial score (nSPS) is 17.6. The molecule has 1 fully saturated rings. The van der Waals surface area contributed by atoms with Gasteiger partial charge in [0.1, 0.15) is 6.07 Å². The molecule has 1 aromatic carbocycles. The van der Waals surface area contributed by atoms with Gasteiger partial charge in [0, 0.05) is 25.0 Å². The zero-order valence-electron chi connectivity index (χ0n) is 10.7. The van der Waals surface area contributed by atoms with Crippen LogP contribution in [-0.4, -0.2) is 31.8 Å². The number of aliphatic carboxylic acids is 1. The maximum Gasteiger partial charge on any atom is 0.244 e. The molecule has 1 heterocycles. The Morgan fingerprint density at radius 2 is 1.90 bits per heavy atom. The highest BCUT2D eigenvalue weighted by Crippen LogP contribution is 2.25. The highest BCUT2D eigenvalue weighted by atomic mass is 32.2. The van der Waals surface area contributed by atoms with E-state index in [1.54, 1.807) is 12.1 Å². The summed E-state index contributed by atoms with van der Waals surface area (Å²) in [4.78, 5) is 10.7. The summed E-state index contributed by atoms with van der Waals surface area (Å²) in [6, 6.07) is 7.85. The lowest BCUT2D eigenvalue weighted by atomic mass is 9.99. The van der Waals surface area contributed by atoms with E-state index in [0.29, 0.717) is 0 Å². The summed E-state index contributed by atoms with van der Waals surface area (Å²) >= 11 is 0. The summed E-state index contributed by atoms with van der Waals surface area (Å²) in [6.07, 6.45) is 0.465. The number of carboxylic acids is 1. The Hall–Kier alpha value is -1.91. The standard InChI is InChI=1S/C13H14N2O4S/c14-9-11-3-1-2-4-12(11)20(18,19)15-7-5-10(6-8-15)13(16)17/h1-4,10H,5-8H2,(H,16,17)/p-1. The SMILES string of the molecule is N#Cc1ccccc1S(=O)(=O)N1CCC(C(=O)[O-])CC1. The Balaban J connectivity index is 2.25. The molecular weight excluding hydrogens is 280 g/mol. The molecule has 6 nitrogen and oxygen atoms in total. The van der Waals surface area contributed by atoms with Crippen molar-refractivity contribution in [2.24, 2.45) is 5.92 Å². The van der Waals surface area contributed by atoms with Gasteiger partial charge in [-0.3, -0.25) is 0 Å². The highest BCUT2D eigenvalue weighted by Gasteiger charge is 2.31. The van der Waals surface area contributed by atoms with E-state index in [9.17, 15) is 18.3 Å². The second-order valence-corrected chi connectivity index (χ2v) is 6.51. The van der Waals surface area contributed by atoms with Crippen molar-refractivity contribution in [1.82, 2.24) is 4.31 Å². The molecule has 0 bridgehead atoms. The van der Waals surface area contributed by atoms with Gasteiger partial charge in [0.15, 0.2) is 0 Å². The monoisotopic (exact) mass is 293 g/mol. The average Bonchev–Trinajstić information content (AvgIpc) is 2.47. The van der Waals surface area contributed by atoms with Crippen molar-refractivity contribution >= 4 is 16.0 Å². The summed E-state index contributed by atoms with van der Waals surface area (Å²) < 4.78 is 26.1. The molecule has 0 aromatic heterocycles. The number of nitriles is 1. The van der Waals surface area contributed by atoms with Crippen LogP contribution in [0.25, 0.3) is 0 Å². The lowest BCUT2D eigenvalue weighted by molar-refractivity contribution is -0.312. The zero-order valence-corrected chi connectivity index (χ0v) is 11.5. The third kappa shape index (κ3) is 2.66. The Morgan fingerprint density at radius 3 is 2.45 bits per heavy atom. The van der Waals surface area contributed by atoms with Crippen LogP contribution in [-0.2, 0) is 14.8 Å². The van der Waals surface area contributed by atoms with Crippen molar-refractivity contribution in [2.75, 3.05) is 13.1 Å². The zero-order chi connectivity index (χ0) is 14.8. The van der Waals surface area contributed by atoms with E-state index in [4.69, 9.17) is 5.26 Å². The van der Waals surface area contributed by atoms with Crippen LogP contribution in [0.3, 0.4) is 0 Å². The summed E-state index contributed by atoms with van der Waals surface area (Å²) in [6.45, 7) is 0.251. The van der Waals surface area contributed by atoms with Gasteiger partial charge in [-0.1, -0.05) is 12.1 Å². The second-order valence-electron chi connectivity index (χ2n) is 4.61. The van der Waals surface area contributed by atoms with Gasteiger partial charge in [0.2, 0.25) is 10.0 Å². The van der Waals surface area contributed by atoms with Crippen LogP contribution in [0.2, 0.25) is 0 Å². The van der Waals surface area contributed by atoms with E-state index in [2.05, 4.69) is 0 Å². The summed E-state index contributed by atoms with van der Waals surface area (Å²) in [7, 11) is -3.76. The fraction of sp³-hybridized carbons (Fsp3) is 0.385. The quantitative estimate of drug-likeness (QED) is 0.762. The smallest absolute Gasteiger partial charge is 0.244 e. The summed E-state index contributed by atoms with van der Waals surface area (Å²) in [5, 5.41) is 19.7. The van der Waals surface area contributed by atoms with Crippen molar-refractivity contribution in [3.63, 3.8) is 0 Å². The second kappa shape index (κ2) is 5.61. The Kier molecular flexibility index (Phi) is 4.06. The number of rotatable bonds is 3. The minimum absolute atomic E-state index is 0.0330. The van der Waals surface area contributed by atoms with E-state index in [-0.39, 0.29) is 36.4 Å². The van der Waals surface area contributed by atoms with Gasteiger partial charge in [0.25, 0.3) is 0 Å². The molecule has 0 aliphatic carbocycles. The predicted molar refractivity (Wildman–Crippen MR) is 67.6 cm³/mol. The largest absolute Gasteiger partial charge is 0.550 e. The molecule has 0 amide bonds. The molecule has 2 rings (SSSR count). The van der Waals surface area contributed by atoms with Crippen LogP contribution in [0.1, 0.15) is 18.4 Å². The van der Waals surface area contributed by atoms with Crippen molar-refractivity contribution in [2.45, 2.75) is 17.7 Å². The van der Waals surface area contributed by atoms with Crippen LogP contribution < -0.4 is 5.11 Å². The molecular formula is C13H13N2O4S-. The molecule has 0 spiro atoms. The van der Waals surface area contributed by atoms with Crippen LogP contribution in [0, 0.1) is 17.2 Å². The van der Waals surface area contributed by atoms with Gasteiger partial charge in [-0.25, -0.2) is 8.42 Å². The van der Waals surface area contributed by atoms with Gasteiger partial charge in [0.05, 0.1) is 10.5 Å². The summed E-state index contributed by atoms with van der Waals surface area (Å²) in [5.41, 5.74) is 0.0922. The molecule has 0 unspecified atom stereocenters. The summed E-state index contributed by atoms with van der Waals surface area (Å²) in [5.74, 6) is -1.74. The number of nitrogens with zero attached hydrogens (tertiary/aromatic N) is 2. The van der Waals surface area contributed by atoms with Gasteiger partial charge in [-0.05, 0) is 25.0 Å². The minimum atomic E-state index is -3.76. The molecule has 0 radical (unpaired) electrons. The molecule has 1 aliphatic heterocycles. The van der Waals surface area contributed by atoms with E-state index in [1.807, 2.05) is 6.07 Å². The molecule has 0 N–H and O–H groups in total. The molecule has 20 heavy (non-hydrogen) atoms. The molecule has 1 aromatic rings. The average molecular weight is 293 g/mol. The van der Waals surface area contributed by atoms with E-state index < -0.39 is 21.9 Å². The topological polar surface area (TPSA) is 101 Å². The van der Waals surface area contributed by atoms with Gasteiger partial charge in [-0.2, -0.15) is 9.57 Å². The Bertz CT molecular complexity index is 655. The van der Waals surface area contributed by atoms with Crippen molar-refractivity contribution < 1.29 is 18.3 Å².